The molecule has 24 heavy (non-hydrogen) atoms. The van der Waals surface area contributed by atoms with Crippen LogP contribution >= 0.6 is 0 Å². The maximum atomic E-state index is 12.1. The summed E-state index contributed by atoms with van der Waals surface area (Å²) in [4.78, 5) is 20.6. The molecule has 2 aromatic rings. The van der Waals surface area contributed by atoms with Crippen molar-refractivity contribution in [3.8, 4) is 0 Å². The summed E-state index contributed by atoms with van der Waals surface area (Å²) in [7, 11) is 0. The van der Waals surface area contributed by atoms with Crippen molar-refractivity contribution in [3.63, 3.8) is 0 Å². The zero-order valence-corrected chi connectivity index (χ0v) is 14.6. The molecule has 1 amide bonds. The number of hydrogen-bond donors (Lipinski definition) is 1. The second-order valence-corrected chi connectivity index (χ2v) is 7.05. The van der Waals surface area contributed by atoms with Crippen LogP contribution in [0.15, 0.2) is 12.1 Å². The van der Waals surface area contributed by atoms with Crippen LogP contribution in [0.25, 0.3) is 5.65 Å². The van der Waals surface area contributed by atoms with Gasteiger partial charge >= 0.3 is 6.09 Å². The minimum Gasteiger partial charge on any atom is -0.444 e. The molecule has 0 bridgehead atoms. The molecular formula is C16H24N6O2. The number of aryl methyl sites for hydroxylation is 1. The Balaban J connectivity index is 1.70. The number of anilines is 2. The van der Waals surface area contributed by atoms with Gasteiger partial charge in [0.1, 0.15) is 17.2 Å². The Bertz CT molecular complexity index is 756. The van der Waals surface area contributed by atoms with E-state index in [-0.39, 0.29) is 6.09 Å². The molecule has 0 aromatic carbocycles. The van der Waals surface area contributed by atoms with Crippen LogP contribution in [0.3, 0.4) is 0 Å². The highest BCUT2D eigenvalue weighted by molar-refractivity contribution is 5.68. The Labute approximate surface area is 141 Å². The third-order valence-corrected chi connectivity index (χ3v) is 3.82. The first-order chi connectivity index (χ1) is 11.2. The monoisotopic (exact) mass is 332 g/mol. The minimum absolute atomic E-state index is 0.267. The van der Waals surface area contributed by atoms with Crippen molar-refractivity contribution in [2.24, 2.45) is 0 Å². The summed E-state index contributed by atoms with van der Waals surface area (Å²) in [5, 5.41) is 4.31. The van der Waals surface area contributed by atoms with E-state index in [1.54, 1.807) is 9.42 Å². The highest BCUT2D eigenvalue weighted by atomic mass is 16.6. The number of carbonyl (C=O) groups excluding carboxylic acids is 1. The number of fused-ring (bicyclic) bond motifs is 1. The van der Waals surface area contributed by atoms with E-state index < -0.39 is 5.60 Å². The lowest BCUT2D eigenvalue weighted by Crippen LogP contribution is -2.50. The summed E-state index contributed by atoms with van der Waals surface area (Å²) in [5.41, 5.74) is 7.20. The smallest absolute Gasteiger partial charge is 0.410 e. The summed E-state index contributed by atoms with van der Waals surface area (Å²) >= 11 is 0. The lowest BCUT2D eigenvalue weighted by molar-refractivity contribution is 0.0240. The number of nitrogens with two attached hydrogens (primary N) is 1. The summed E-state index contributed by atoms with van der Waals surface area (Å²) in [6.07, 6.45) is -0.267. The van der Waals surface area contributed by atoms with Gasteiger partial charge in [-0.2, -0.15) is 9.61 Å². The Kier molecular flexibility index (Phi) is 3.98. The van der Waals surface area contributed by atoms with Gasteiger partial charge in [0.05, 0.1) is 5.69 Å². The molecule has 0 atom stereocenters. The second-order valence-electron chi connectivity index (χ2n) is 7.05. The summed E-state index contributed by atoms with van der Waals surface area (Å²) in [5.74, 6) is 1.36. The first-order valence-corrected chi connectivity index (χ1v) is 8.09. The summed E-state index contributed by atoms with van der Waals surface area (Å²) in [6, 6.07) is 3.72. The number of nitrogen functional groups attached to an aromatic ring is 1. The molecular weight excluding hydrogens is 308 g/mol. The summed E-state index contributed by atoms with van der Waals surface area (Å²) < 4.78 is 7.05. The van der Waals surface area contributed by atoms with E-state index in [4.69, 9.17) is 10.5 Å². The molecule has 3 rings (SSSR count). The third kappa shape index (κ3) is 3.37. The maximum absolute atomic E-state index is 12.1. The maximum Gasteiger partial charge on any atom is 0.410 e. The van der Waals surface area contributed by atoms with Crippen LogP contribution in [0, 0.1) is 6.92 Å². The van der Waals surface area contributed by atoms with Crippen LogP contribution in [-0.2, 0) is 4.74 Å². The van der Waals surface area contributed by atoms with Crippen molar-refractivity contribution in [1.29, 1.82) is 0 Å². The molecule has 8 nitrogen and oxygen atoms in total. The molecule has 130 valence electrons. The fraction of sp³-hybridized carbons (Fsp3) is 0.562. The first-order valence-electron chi connectivity index (χ1n) is 8.09. The molecule has 0 aliphatic carbocycles. The quantitative estimate of drug-likeness (QED) is 0.854. The largest absolute Gasteiger partial charge is 0.444 e. The Hall–Kier alpha value is -2.51. The Morgan fingerprint density at radius 3 is 2.50 bits per heavy atom. The molecule has 0 spiro atoms. The molecule has 2 N–H and O–H groups in total. The van der Waals surface area contributed by atoms with Crippen LogP contribution in [0.1, 0.15) is 26.5 Å². The van der Waals surface area contributed by atoms with Crippen LogP contribution < -0.4 is 10.6 Å². The fourth-order valence-electron chi connectivity index (χ4n) is 2.71. The SMILES string of the molecule is Cc1cc2nc(N3CCN(C(=O)OC(C)(C)C)CC3)cc(N)n2n1. The molecule has 2 aromatic heterocycles. The number of piperazine rings is 1. The van der Waals surface area contributed by atoms with Gasteiger partial charge in [-0.05, 0) is 27.7 Å². The number of carbonyl (C=O) groups is 1. The average molecular weight is 332 g/mol. The van der Waals surface area contributed by atoms with E-state index in [0.29, 0.717) is 32.0 Å². The van der Waals surface area contributed by atoms with E-state index in [1.807, 2.05) is 39.8 Å². The molecule has 1 aliphatic rings. The molecule has 0 radical (unpaired) electrons. The van der Waals surface area contributed by atoms with E-state index in [9.17, 15) is 4.79 Å². The van der Waals surface area contributed by atoms with Gasteiger partial charge in [0.2, 0.25) is 0 Å². The molecule has 0 saturated carbocycles. The predicted molar refractivity (Wildman–Crippen MR) is 92.2 cm³/mol. The average Bonchev–Trinajstić information content (AvgIpc) is 2.86. The predicted octanol–water partition coefficient (Wildman–Crippen LogP) is 1.68. The van der Waals surface area contributed by atoms with Gasteiger partial charge < -0.3 is 20.3 Å². The Morgan fingerprint density at radius 2 is 1.88 bits per heavy atom. The lowest BCUT2D eigenvalue weighted by atomic mass is 10.2. The van der Waals surface area contributed by atoms with Crippen molar-refractivity contribution in [3.05, 3.63) is 17.8 Å². The van der Waals surface area contributed by atoms with E-state index in [2.05, 4.69) is 15.0 Å². The van der Waals surface area contributed by atoms with Gasteiger partial charge in [-0.15, -0.1) is 0 Å². The van der Waals surface area contributed by atoms with E-state index in [0.717, 1.165) is 17.2 Å². The molecule has 0 unspecified atom stereocenters. The lowest BCUT2D eigenvalue weighted by Gasteiger charge is -2.36. The zero-order valence-electron chi connectivity index (χ0n) is 14.6. The number of ether oxygens (including phenoxy) is 1. The molecule has 1 aliphatic heterocycles. The molecule has 1 saturated heterocycles. The van der Waals surface area contributed by atoms with Crippen LogP contribution in [0.2, 0.25) is 0 Å². The zero-order chi connectivity index (χ0) is 17.5. The Morgan fingerprint density at radius 1 is 1.21 bits per heavy atom. The van der Waals surface area contributed by atoms with Gasteiger partial charge in [0.15, 0.2) is 5.65 Å². The number of nitrogens with zero attached hydrogens (tertiary/aromatic N) is 5. The van der Waals surface area contributed by atoms with Gasteiger partial charge in [-0.1, -0.05) is 0 Å². The summed E-state index contributed by atoms with van der Waals surface area (Å²) in [6.45, 7) is 10.1. The number of amides is 1. The van der Waals surface area contributed by atoms with Crippen molar-refractivity contribution in [2.75, 3.05) is 36.8 Å². The topological polar surface area (TPSA) is 89.0 Å². The van der Waals surface area contributed by atoms with Gasteiger partial charge in [-0.3, -0.25) is 0 Å². The highest BCUT2D eigenvalue weighted by Crippen LogP contribution is 2.20. The van der Waals surface area contributed by atoms with Crippen molar-refractivity contribution < 1.29 is 9.53 Å². The molecule has 8 heteroatoms. The number of aromatic nitrogens is 3. The normalized spacial score (nSPS) is 15.8. The van der Waals surface area contributed by atoms with Gasteiger partial charge in [0, 0.05) is 38.3 Å². The van der Waals surface area contributed by atoms with Crippen molar-refractivity contribution in [2.45, 2.75) is 33.3 Å². The standard InChI is InChI=1S/C16H24N6O2/c1-11-9-14-18-13(10-12(17)22(14)19-11)20-5-7-21(8-6-20)15(23)24-16(2,3)4/h9-10H,5-8,17H2,1-4H3. The minimum atomic E-state index is -0.477. The van der Waals surface area contributed by atoms with Gasteiger partial charge in [-0.25, -0.2) is 9.78 Å². The fourth-order valence-corrected chi connectivity index (χ4v) is 2.71. The van der Waals surface area contributed by atoms with E-state index in [1.165, 1.54) is 0 Å². The van der Waals surface area contributed by atoms with Gasteiger partial charge in [0.25, 0.3) is 0 Å². The van der Waals surface area contributed by atoms with Crippen molar-refractivity contribution >= 4 is 23.4 Å². The van der Waals surface area contributed by atoms with Crippen molar-refractivity contribution in [1.82, 2.24) is 19.5 Å². The molecule has 3 heterocycles. The molecule has 1 fully saturated rings. The van der Waals surface area contributed by atoms with Crippen LogP contribution in [0.4, 0.5) is 16.4 Å². The second kappa shape index (κ2) is 5.85. The highest BCUT2D eigenvalue weighted by Gasteiger charge is 2.26. The van der Waals surface area contributed by atoms with Crippen LogP contribution in [-0.4, -0.2) is 57.4 Å². The first kappa shape index (κ1) is 16.4. The van der Waals surface area contributed by atoms with Crippen LogP contribution in [0.5, 0.6) is 0 Å². The van der Waals surface area contributed by atoms with E-state index >= 15 is 0 Å². The third-order valence-electron chi connectivity index (χ3n) is 3.82. The number of hydrogen-bond acceptors (Lipinski definition) is 6. The number of rotatable bonds is 1.